The molecule has 0 bridgehead atoms. The number of amides is 2. The van der Waals surface area contributed by atoms with Crippen molar-refractivity contribution in [2.75, 3.05) is 24.4 Å². The number of ether oxygens (including phenoxy) is 2. The van der Waals surface area contributed by atoms with Crippen LogP contribution in [0.25, 0.3) is 0 Å². The van der Waals surface area contributed by atoms with Gasteiger partial charge in [-0.2, -0.15) is 0 Å². The van der Waals surface area contributed by atoms with Gasteiger partial charge < -0.3 is 20.1 Å². The summed E-state index contributed by atoms with van der Waals surface area (Å²) in [6.45, 7) is -0.485. The van der Waals surface area contributed by atoms with Gasteiger partial charge >= 0.3 is 11.9 Å². The van der Waals surface area contributed by atoms with Gasteiger partial charge in [0.25, 0.3) is 5.91 Å². The van der Waals surface area contributed by atoms with E-state index in [-0.39, 0.29) is 23.0 Å². The number of hydrogen-bond donors (Lipinski definition) is 2. The summed E-state index contributed by atoms with van der Waals surface area (Å²) in [6, 6.07) is 12.5. The van der Waals surface area contributed by atoms with Crippen molar-refractivity contribution >= 4 is 35.1 Å². The molecule has 0 aromatic heterocycles. The van der Waals surface area contributed by atoms with Gasteiger partial charge in [0.1, 0.15) is 0 Å². The summed E-state index contributed by atoms with van der Waals surface area (Å²) < 4.78 is 9.62. The summed E-state index contributed by atoms with van der Waals surface area (Å²) in [7, 11) is 1.26. The van der Waals surface area contributed by atoms with Crippen LogP contribution in [0.15, 0.2) is 48.5 Å². The summed E-state index contributed by atoms with van der Waals surface area (Å²) in [5.41, 5.74) is 1.53. The molecule has 8 nitrogen and oxygen atoms in total. The third-order valence-electron chi connectivity index (χ3n) is 4.24. The molecule has 150 valence electrons. The molecule has 0 heterocycles. The maximum atomic E-state index is 12.1. The van der Waals surface area contributed by atoms with Crippen LogP contribution in [0.1, 0.15) is 33.6 Å². The maximum Gasteiger partial charge on any atom is 0.338 e. The van der Waals surface area contributed by atoms with Crippen molar-refractivity contribution in [3.05, 3.63) is 59.7 Å². The molecule has 0 atom stereocenters. The van der Waals surface area contributed by atoms with E-state index in [1.165, 1.54) is 25.3 Å². The molecule has 2 N–H and O–H groups in total. The van der Waals surface area contributed by atoms with Crippen LogP contribution in [0.4, 0.5) is 11.4 Å². The molecule has 2 aromatic carbocycles. The van der Waals surface area contributed by atoms with Crippen LogP contribution in [0.3, 0.4) is 0 Å². The van der Waals surface area contributed by atoms with E-state index in [2.05, 4.69) is 15.4 Å². The van der Waals surface area contributed by atoms with Gasteiger partial charge in [0.05, 0.1) is 18.2 Å². The molecule has 0 saturated heterocycles. The number of hydrogen-bond acceptors (Lipinski definition) is 6. The molecule has 3 rings (SSSR count). The summed E-state index contributed by atoms with van der Waals surface area (Å²) in [5.74, 6) is -1.67. The largest absolute Gasteiger partial charge is 0.465 e. The van der Waals surface area contributed by atoms with E-state index < -0.39 is 24.5 Å². The van der Waals surface area contributed by atoms with E-state index in [9.17, 15) is 19.2 Å². The van der Waals surface area contributed by atoms with Gasteiger partial charge in [-0.1, -0.05) is 6.07 Å². The van der Waals surface area contributed by atoms with Crippen LogP contribution in [-0.2, 0) is 19.1 Å². The molecule has 2 aromatic rings. The molecule has 1 fully saturated rings. The molecule has 1 aliphatic carbocycles. The summed E-state index contributed by atoms with van der Waals surface area (Å²) in [6.07, 6.45) is 1.82. The molecule has 0 radical (unpaired) electrons. The lowest BCUT2D eigenvalue weighted by Gasteiger charge is -2.08. The molecule has 0 aliphatic heterocycles. The molecule has 29 heavy (non-hydrogen) atoms. The number of esters is 2. The van der Waals surface area contributed by atoms with Crippen LogP contribution in [0.2, 0.25) is 0 Å². The lowest BCUT2D eigenvalue weighted by molar-refractivity contribution is -0.119. The zero-order chi connectivity index (χ0) is 20.8. The zero-order valence-electron chi connectivity index (χ0n) is 15.8. The minimum atomic E-state index is -0.663. The van der Waals surface area contributed by atoms with E-state index in [1.54, 1.807) is 30.3 Å². The van der Waals surface area contributed by atoms with Crippen molar-refractivity contribution in [2.24, 2.45) is 5.92 Å². The molecule has 8 heteroatoms. The quantitative estimate of drug-likeness (QED) is 0.696. The fourth-order valence-corrected chi connectivity index (χ4v) is 2.53. The van der Waals surface area contributed by atoms with Crippen LogP contribution >= 0.6 is 0 Å². The lowest BCUT2D eigenvalue weighted by Crippen LogP contribution is -2.21. The van der Waals surface area contributed by atoms with Crippen LogP contribution in [0, 0.1) is 5.92 Å². The molecular formula is C21H20N2O6. The Morgan fingerprint density at radius 2 is 1.62 bits per heavy atom. The minimum absolute atomic E-state index is 0.0201. The first-order valence-corrected chi connectivity index (χ1v) is 9.02. The topological polar surface area (TPSA) is 111 Å². The van der Waals surface area contributed by atoms with E-state index in [0.29, 0.717) is 11.4 Å². The summed E-state index contributed by atoms with van der Waals surface area (Å²) in [4.78, 5) is 47.3. The maximum absolute atomic E-state index is 12.1. The van der Waals surface area contributed by atoms with Gasteiger partial charge in [-0.15, -0.1) is 0 Å². The Kier molecular flexibility index (Phi) is 6.23. The monoisotopic (exact) mass is 396 g/mol. The highest BCUT2D eigenvalue weighted by atomic mass is 16.5. The number of rotatable bonds is 7. The van der Waals surface area contributed by atoms with Crippen molar-refractivity contribution in [2.45, 2.75) is 12.8 Å². The summed E-state index contributed by atoms with van der Waals surface area (Å²) in [5, 5.41) is 5.32. The van der Waals surface area contributed by atoms with E-state index in [4.69, 9.17) is 4.74 Å². The third-order valence-corrected chi connectivity index (χ3v) is 4.24. The first-order valence-electron chi connectivity index (χ1n) is 9.02. The van der Waals surface area contributed by atoms with Crippen molar-refractivity contribution < 1.29 is 28.7 Å². The highest BCUT2D eigenvalue weighted by Gasteiger charge is 2.29. The number of benzene rings is 2. The second-order valence-electron chi connectivity index (χ2n) is 6.54. The number of nitrogens with one attached hydrogen (secondary N) is 2. The third kappa shape index (κ3) is 5.65. The standard InChI is InChI=1S/C21H20N2O6/c1-28-20(26)15-3-2-4-17(11-15)22-18(24)12-29-21(27)14-7-9-16(10-8-14)23-19(25)13-5-6-13/h2-4,7-11,13H,5-6,12H2,1H3,(H,22,24)(H,23,25). The number of carbonyl (C=O) groups is 4. The van der Waals surface area contributed by atoms with E-state index in [1.807, 2.05) is 0 Å². The molecule has 0 unspecified atom stereocenters. The predicted octanol–water partition coefficient (Wildman–Crippen LogP) is 2.62. The van der Waals surface area contributed by atoms with Gasteiger partial charge in [-0.05, 0) is 55.3 Å². The van der Waals surface area contributed by atoms with Crippen LogP contribution in [0.5, 0.6) is 0 Å². The van der Waals surface area contributed by atoms with Crippen molar-refractivity contribution in [1.82, 2.24) is 0 Å². The average Bonchev–Trinajstić information content (AvgIpc) is 3.57. The van der Waals surface area contributed by atoms with E-state index >= 15 is 0 Å². The van der Waals surface area contributed by atoms with Crippen molar-refractivity contribution in [3.8, 4) is 0 Å². The van der Waals surface area contributed by atoms with Crippen LogP contribution < -0.4 is 10.6 Å². The molecule has 1 saturated carbocycles. The first-order chi connectivity index (χ1) is 14.0. The highest BCUT2D eigenvalue weighted by Crippen LogP contribution is 2.30. The Hall–Kier alpha value is -3.68. The van der Waals surface area contributed by atoms with Gasteiger partial charge in [0.2, 0.25) is 5.91 Å². The zero-order valence-corrected chi connectivity index (χ0v) is 15.8. The fraction of sp³-hybridized carbons (Fsp3) is 0.238. The van der Waals surface area contributed by atoms with E-state index in [0.717, 1.165) is 12.8 Å². The Morgan fingerprint density at radius 3 is 2.28 bits per heavy atom. The first kappa shape index (κ1) is 20.1. The lowest BCUT2D eigenvalue weighted by atomic mass is 10.2. The van der Waals surface area contributed by atoms with Gasteiger partial charge in [-0.3, -0.25) is 9.59 Å². The average molecular weight is 396 g/mol. The van der Waals surface area contributed by atoms with Crippen molar-refractivity contribution in [3.63, 3.8) is 0 Å². The minimum Gasteiger partial charge on any atom is -0.465 e. The molecular weight excluding hydrogens is 376 g/mol. The molecule has 2 amide bonds. The molecule has 0 spiro atoms. The number of carbonyl (C=O) groups excluding carboxylic acids is 4. The predicted molar refractivity (Wildman–Crippen MR) is 104 cm³/mol. The number of anilines is 2. The van der Waals surface area contributed by atoms with Crippen LogP contribution in [-0.4, -0.2) is 37.5 Å². The normalized spacial score (nSPS) is 12.6. The Labute approximate surface area is 167 Å². The smallest absolute Gasteiger partial charge is 0.338 e. The SMILES string of the molecule is COC(=O)c1cccc(NC(=O)COC(=O)c2ccc(NC(=O)C3CC3)cc2)c1. The second-order valence-corrected chi connectivity index (χ2v) is 6.54. The Bertz CT molecular complexity index is 934. The Morgan fingerprint density at radius 1 is 0.897 bits per heavy atom. The van der Waals surface area contributed by atoms with Gasteiger partial charge in [0.15, 0.2) is 6.61 Å². The second kappa shape index (κ2) is 9.01. The van der Waals surface area contributed by atoms with Gasteiger partial charge in [0, 0.05) is 17.3 Å². The van der Waals surface area contributed by atoms with Crippen molar-refractivity contribution in [1.29, 1.82) is 0 Å². The Balaban J connectivity index is 1.49. The van der Waals surface area contributed by atoms with Gasteiger partial charge in [-0.25, -0.2) is 9.59 Å². The fourth-order valence-electron chi connectivity index (χ4n) is 2.53. The number of methoxy groups -OCH3 is 1. The highest BCUT2D eigenvalue weighted by molar-refractivity contribution is 5.98. The molecule has 1 aliphatic rings. The summed E-state index contributed by atoms with van der Waals surface area (Å²) >= 11 is 0.